The predicted octanol–water partition coefficient (Wildman–Crippen LogP) is 1.10. The number of anilines is 1. The molecule has 0 aliphatic carbocycles. The van der Waals surface area contributed by atoms with E-state index in [1.807, 2.05) is 0 Å². The maximum atomic E-state index is 12.2. The Morgan fingerprint density at radius 1 is 1.48 bits per heavy atom. The minimum Gasteiger partial charge on any atom is -0.300 e. The Bertz CT molecular complexity index is 599. The molecule has 1 unspecified atom stereocenters. The molecule has 1 saturated heterocycles. The lowest BCUT2D eigenvalue weighted by Gasteiger charge is -2.29. The molecule has 0 spiro atoms. The summed E-state index contributed by atoms with van der Waals surface area (Å²) >= 11 is 1.37. The molecule has 0 radical (unpaired) electrons. The number of hydrogen-bond donors (Lipinski definition) is 1. The van der Waals surface area contributed by atoms with Crippen LogP contribution in [0.15, 0.2) is 0 Å². The van der Waals surface area contributed by atoms with E-state index >= 15 is 0 Å². The molecular formula is C12H20N4O3S2. The van der Waals surface area contributed by atoms with Crippen molar-refractivity contribution in [1.29, 1.82) is 0 Å². The summed E-state index contributed by atoms with van der Waals surface area (Å²) in [6, 6.07) is 0. The van der Waals surface area contributed by atoms with Gasteiger partial charge < -0.3 is 5.32 Å². The van der Waals surface area contributed by atoms with Crippen LogP contribution in [0.2, 0.25) is 0 Å². The fraction of sp³-hybridized carbons (Fsp3) is 0.750. The first-order valence-electron chi connectivity index (χ1n) is 6.98. The van der Waals surface area contributed by atoms with Crippen LogP contribution >= 0.6 is 11.3 Å². The highest BCUT2D eigenvalue weighted by atomic mass is 32.2. The van der Waals surface area contributed by atoms with Gasteiger partial charge in [0.25, 0.3) is 0 Å². The van der Waals surface area contributed by atoms with E-state index in [-0.39, 0.29) is 18.4 Å². The molecule has 2 rings (SSSR count). The summed E-state index contributed by atoms with van der Waals surface area (Å²) < 4.78 is 24.5. The van der Waals surface area contributed by atoms with E-state index in [4.69, 9.17) is 0 Å². The summed E-state index contributed by atoms with van der Waals surface area (Å²) in [5.41, 5.74) is 0. The molecule has 21 heavy (non-hydrogen) atoms. The van der Waals surface area contributed by atoms with Gasteiger partial charge >= 0.3 is 0 Å². The molecule has 1 amide bonds. The molecule has 0 aromatic carbocycles. The number of carbonyl (C=O) groups is 1. The molecule has 0 bridgehead atoms. The minimum atomic E-state index is -3.24. The molecule has 1 fully saturated rings. The Kier molecular flexibility index (Phi) is 5.28. The van der Waals surface area contributed by atoms with Crippen molar-refractivity contribution >= 4 is 32.4 Å². The molecule has 1 atom stereocenters. The summed E-state index contributed by atoms with van der Waals surface area (Å²) in [6.45, 7) is 2.79. The third-order valence-electron chi connectivity index (χ3n) is 3.38. The van der Waals surface area contributed by atoms with Gasteiger partial charge in [-0.15, -0.1) is 10.2 Å². The van der Waals surface area contributed by atoms with Crippen molar-refractivity contribution in [2.45, 2.75) is 32.6 Å². The van der Waals surface area contributed by atoms with E-state index in [0.717, 1.165) is 17.8 Å². The molecule has 1 N–H and O–H groups in total. The molecule has 9 heteroatoms. The van der Waals surface area contributed by atoms with Gasteiger partial charge in [-0.05, 0) is 19.3 Å². The first kappa shape index (κ1) is 16.3. The highest BCUT2D eigenvalue weighted by molar-refractivity contribution is 7.88. The van der Waals surface area contributed by atoms with Gasteiger partial charge in [0, 0.05) is 19.5 Å². The number of sulfonamides is 1. The average Bonchev–Trinajstić information content (AvgIpc) is 2.86. The number of piperidine rings is 1. The van der Waals surface area contributed by atoms with Gasteiger partial charge in [0.1, 0.15) is 5.01 Å². The van der Waals surface area contributed by atoms with Gasteiger partial charge in [0.2, 0.25) is 21.1 Å². The molecule has 7 nitrogen and oxygen atoms in total. The van der Waals surface area contributed by atoms with Crippen LogP contribution in [-0.4, -0.2) is 48.2 Å². The van der Waals surface area contributed by atoms with Crippen LogP contribution < -0.4 is 5.32 Å². The Hall–Kier alpha value is -1.06. The van der Waals surface area contributed by atoms with Crippen LogP contribution in [0.3, 0.4) is 0 Å². The number of nitrogens with one attached hydrogen (secondary N) is 1. The largest absolute Gasteiger partial charge is 0.300 e. The lowest BCUT2D eigenvalue weighted by Crippen LogP contribution is -2.43. The fourth-order valence-corrected chi connectivity index (χ4v) is 4.04. The monoisotopic (exact) mass is 332 g/mol. The number of hydrogen-bond acceptors (Lipinski definition) is 6. The zero-order chi connectivity index (χ0) is 15.5. The van der Waals surface area contributed by atoms with E-state index in [1.165, 1.54) is 21.9 Å². The molecule has 0 saturated carbocycles. The second-order valence-electron chi connectivity index (χ2n) is 5.20. The predicted molar refractivity (Wildman–Crippen MR) is 81.7 cm³/mol. The summed E-state index contributed by atoms with van der Waals surface area (Å²) in [5.74, 6) is -0.505. The fourth-order valence-electron chi connectivity index (χ4n) is 2.28. The Labute approximate surface area is 128 Å². The normalized spacial score (nSPS) is 20.4. The van der Waals surface area contributed by atoms with Gasteiger partial charge in [0.05, 0.1) is 12.2 Å². The lowest BCUT2D eigenvalue weighted by molar-refractivity contribution is -0.120. The second kappa shape index (κ2) is 6.80. The molecule has 1 aromatic rings. The number of amides is 1. The van der Waals surface area contributed by atoms with Crippen molar-refractivity contribution in [1.82, 2.24) is 14.5 Å². The topological polar surface area (TPSA) is 92.3 Å². The average molecular weight is 332 g/mol. The van der Waals surface area contributed by atoms with Crippen molar-refractivity contribution in [2.75, 3.05) is 24.7 Å². The molecule has 118 valence electrons. The maximum absolute atomic E-state index is 12.2. The molecule has 1 aromatic heterocycles. The number of nitrogens with zero attached hydrogens (tertiary/aromatic N) is 3. The van der Waals surface area contributed by atoms with E-state index < -0.39 is 10.0 Å². The maximum Gasteiger partial charge on any atom is 0.230 e. The van der Waals surface area contributed by atoms with Crippen LogP contribution in [0.1, 0.15) is 31.2 Å². The Morgan fingerprint density at radius 3 is 2.90 bits per heavy atom. The highest BCUT2D eigenvalue weighted by Crippen LogP contribution is 2.22. The van der Waals surface area contributed by atoms with E-state index in [2.05, 4.69) is 22.4 Å². The molecule has 1 aliphatic rings. The van der Waals surface area contributed by atoms with Crippen LogP contribution in [0.5, 0.6) is 0 Å². The van der Waals surface area contributed by atoms with Crippen molar-refractivity contribution in [2.24, 2.45) is 5.92 Å². The number of carbonyl (C=O) groups excluding carboxylic acids is 1. The van der Waals surface area contributed by atoms with E-state index in [0.29, 0.717) is 24.5 Å². The molecule has 2 heterocycles. The van der Waals surface area contributed by atoms with Crippen molar-refractivity contribution in [3.05, 3.63) is 5.01 Å². The highest BCUT2D eigenvalue weighted by Gasteiger charge is 2.30. The van der Waals surface area contributed by atoms with Crippen molar-refractivity contribution in [3.8, 4) is 0 Å². The van der Waals surface area contributed by atoms with Crippen LogP contribution in [-0.2, 0) is 21.2 Å². The van der Waals surface area contributed by atoms with E-state index in [1.54, 1.807) is 0 Å². The van der Waals surface area contributed by atoms with Crippen LogP contribution in [0, 0.1) is 5.92 Å². The summed E-state index contributed by atoms with van der Waals surface area (Å²) in [4.78, 5) is 12.2. The number of rotatable bonds is 5. The second-order valence-corrected chi connectivity index (χ2v) is 8.24. The molecule has 1 aliphatic heterocycles. The van der Waals surface area contributed by atoms with E-state index in [9.17, 15) is 13.2 Å². The van der Waals surface area contributed by atoms with Crippen molar-refractivity contribution in [3.63, 3.8) is 0 Å². The van der Waals surface area contributed by atoms with Crippen LogP contribution in [0.4, 0.5) is 5.13 Å². The quantitative estimate of drug-likeness (QED) is 0.871. The Morgan fingerprint density at radius 2 is 2.24 bits per heavy atom. The summed E-state index contributed by atoms with van der Waals surface area (Å²) in [7, 11) is -3.24. The smallest absolute Gasteiger partial charge is 0.230 e. The lowest BCUT2D eigenvalue weighted by atomic mass is 9.99. The summed E-state index contributed by atoms with van der Waals surface area (Å²) in [5, 5.41) is 12.1. The van der Waals surface area contributed by atoms with Crippen molar-refractivity contribution < 1.29 is 13.2 Å². The third kappa shape index (κ3) is 4.45. The Balaban J connectivity index is 1.96. The number of aromatic nitrogens is 2. The first-order valence-corrected chi connectivity index (χ1v) is 9.65. The zero-order valence-electron chi connectivity index (χ0n) is 12.2. The third-order valence-corrected chi connectivity index (χ3v) is 5.55. The van der Waals surface area contributed by atoms with Crippen LogP contribution in [0.25, 0.3) is 0 Å². The van der Waals surface area contributed by atoms with Gasteiger partial charge in [0.15, 0.2) is 0 Å². The molecular weight excluding hydrogens is 312 g/mol. The van der Waals surface area contributed by atoms with Gasteiger partial charge in [-0.1, -0.05) is 18.3 Å². The first-order chi connectivity index (χ1) is 9.90. The standard InChI is InChI=1S/C12H20N4O3S2/c1-3-5-10-14-15-12(20-10)13-11(17)9-6-4-7-16(8-9)21(2,18)19/h9H,3-8H2,1-2H3,(H,13,15,17). The SMILES string of the molecule is CCCc1nnc(NC(=O)C2CCCN(S(C)(=O)=O)C2)s1. The van der Waals surface area contributed by atoms with Gasteiger partial charge in [-0.3, -0.25) is 4.79 Å². The summed E-state index contributed by atoms with van der Waals surface area (Å²) in [6.07, 6.45) is 4.39. The number of aryl methyl sites for hydroxylation is 1. The van der Waals surface area contributed by atoms with Gasteiger partial charge in [-0.2, -0.15) is 0 Å². The zero-order valence-corrected chi connectivity index (χ0v) is 13.8. The minimum absolute atomic E-state index is 0.178. The van der Waals surface area contributed by atoms with Gasteiger partial charge in [-0.25, -0.2) is 12.7 Å².